The first kappa shape index (κ1) is 19.2. The van der Waals surface area contributed by atoms with Crippen LogP contribution in [0.4, 0.5) is 0 Å². The van der Waals surface area contributed by atoms with Crippen LogP contribution in [-0.4, -0.2) is 65.7 Å². The minimum Gasteiger partial charge on any atom is -0.492 e. The summed E-state index contributed by atoms with van der Waals surface area (Å²) < 4.78 is 5.82. The second kappa shape index (κ2) is 9.39. The Balaban J connectivity index is 0.000000701. The van der Waals surface area contributed by atoms with Gasteiger partial charge in [-0.15, -0.1) is 0 Å². The largest absolute Gasteiger partial charge is 0.492 e. The molecule has 0 bridgehead atoms. The molecule has 2 N–H and O–H groups in total. The van der Waals surface area contributed by atoms with Crippen LogP contribution in [-0.2, 0) is 22.7 Å². The smallest absolute Gasteiger partial charge is 0.290 e. The number of ether oxygens (including phenoxy) is 1. The zero-order valence-electron chi connectivity index (χ0n) is 14.6. The maximum atomic E-state index is 11.6. The van der Waals surface area contributed by atoms with Crippen molar-refractivity contribution < 1.29 is 24.5 Å². The van der Waals surface area contributed by atoms with Crippen LogP contribution in [0.15, 0.2) is 18.2 Å². The molecule has 1 atom stereocenters. The van der Waals surface area contributed by atoms with E-state index in [0.717, 1.165) is 49.5 Å². The minimum atomic E-state index is -0.250. The van der Waals surface area contributed by atoms with Crippen LogP contribution in [0.2, 0.25) is 0 Å². The maximum Gasteiger partial charge on any atom is 0.290 e. The van der Waals surface area contributed by atoms with Crippen molar-refractivity contribution in [3.8, 4) is 5.75 Å². The highest BCUT2D eigenvalue weighted by Crippen LogP contribution is 2.26. The number of likely N-dealkylation sites (tertiary alicyclic amines) is 1. The van der Waals surface area contributed by atoms with Crippen molar-refractivity contribution in [1.82, 2.24) is 9.80 Å². The van der Waals surface area contributed by atoms with E-state index < -0.39 is 0 Å². The summed E-state index contributed by atoms with van der Waals surface area (Å²) in [6.07, 6.45) is 1.64. The van der Waals surface area contributed by atoms with E-state index in [1.54, 1.807) is 0 Å². The number of carbonyl (C=O) groups excluding carboxylic acids is 1. The van der Waals surface area contributed by atoms with Crippen LogP contribution in [0.1, 0.15) is 24.0 Å². The third-order valence-electron chi connectivity index (χ3n) is 4.61. The molecule has 0 saturated carbocycles. The molecule has 1 aromatic carbocycles. The number of carbonyl (C=O) groups is 2. The fourth-order valence-electron chi connectivity index (χ4n) is 3.37. The maximum absolute atomic E-state index is 11.6. The number of nitrogens with zero attached hydrogens (tertiary/aromatic N) is 2. The Morgan fingerprint density at radius 2 is 2.16 bits per heavy atom. The molecule has 0 aromatic heterocycles. The van der Waals surface area contributed by atoms with E-state index in [2.05, 4.69) is 4.90 Å². The number of rotatable bonds is 3. The molecule has 1 amide bonds. The summed E-state index contributed by atoms with van der Waals surface area (Å²) >= 11 is 0. The molecule has 0 aliphatic carbocycles. The normalized spacial score (nSPS) is 20.6. The third-order valence-corrected chi connectivity index (χ3v) is 4.61. The molecule has 7 nitrogen and oxygen atoms in total. The lowest BCUT2D eigenvalue weighted by molar-refractivity contribution is -0.133. The van der Waals surface area contributed by atoms with Gasteiger partial charge in [0, 0.05) is 45.2 Å². The highest BCUT2D eigenvalue weighted by atomic mass is 16.5. The van der Waals surface area contributed by atoms with Crippen molar-refractivity contribution in [3.63, 3.8) is 0 Å². The SMILES string of the molecule is CN1CC(CN2CCOc3ccc(CO)cc3C2)CCC1=O.O=CO. The molecule has 3 rings (SSSR count). The lowest BCUT2D eigenvalue weighted by atomic mass is 9.97. The number of benzene rings is 1. The lowest BCUT2D eigenvalue weighted by Crippen LogP contribution is -2.42. The monoisotopic (exact) mass is 350 g/mol. The summed E-state index contributed by atoms with van der Waals surface area (Å²) in [5, 5.41) is 16.2. The Kier molecular flexibility index (Phi) is 7.21. The summed E-state index contributed by atoms with van der Waals surface area (Å²) in [7, 11) is 1.89. The first-order valence-electron chi connectivity index (χ1n) is 8.47. The molecule has 1 saturated heterocycles. The fraction of sp³-hybridized carbons (Fsp3) is 0.556. The number of amides is 1. The number of hydrogen-bond acceptors (Lipinski definition) is 5. The van der Waals surface area contributed by atoms with Gasteiger partial charge in [-0.3, -0.25) is 14.5 Å². The predicted molar refractivity (Wildman–Crippen MR) is 92.2 cm³/mol. The van der Waals surface area contributed by atoms with Gasteiger partial charge >= 0.3 is 0 Å². The van der Waals surface area contributed by atoms with E-state index in [9.17, 15) is 9.90 Å². The van der Waals surface area contributed by atoms with Gasteiger partial charge in [-0.05, 0) is 30.0 Å². The van der Waals surface area contributed by atoms with Crippen molar-refractivity contribution in [2.24, 2.45) is 5.92 Å². The highest BCUT2D eigenvalue weighted by molar-refractivity contribution is 5.76. The molecule has 1 fully saturated rings. The summed E-state index contributed by atoms with van der Waals surface area (Å²) in [6, 6.07) is 5.90. The second-order valence-electron chi connectivity index (χ2n) is 6.47. The number of carboxylic acid groups (broad SMARTS) is 1. The summed E-state index contributed by atoms with van der Waals surface area (Å²) in [6.45, 7) is 4.08. The molecule has 2 aliphatic heterocycles. The summed E-state index contributed by atoms with van der Waals surface area (Å²) in [5.74, 6) is 1.72. The van der Waals surface area contributed by atoms with Crippen molar-refractivity contribution in [2.75, 3.05) is 33.3 Å². The van der Waals surface area contributed by atoms with E-state index in [0.29, 0.717) is 18.9 Å². The van der Waals surface area contributed by atoms with Crippen LogP contribution in [0.25, 0.3) is 0 Å². The zero-order chi connectivity index (χ0) is 18.2. The summed E-state index contributed by atoms with van der Waals surface area (Å²) in [4.78, 5) is 24.2. The number of piperidine rings is 1. The van der Waals surface area contributed by atoms with Crippen molar-refractivity contribution in [1.29, 1.82) is 0 Å². The van der Waals surface area contributed by atoms with E-state index in [1.165, 1.54) is 0 Å². The quantitative estimate of drug-likeness (QED) is 0.789. The molecule has 25 heavy (non-hydrogen) atoms. The number of aliphatic hydroxyl groups excluding tert-OH is 1. The van der Waals surface area contributed by atoms with E-state index in [-0.39, 0.29) is 19.0 Å². The first-order chi connectivity index (χ1) is 12.1. The molecular formula is C18H26N2O5. The van der Waals surface area contributed by atoms with Crippen LogP contribution < -0.4 is 4.74 Å². The summed E-state index contributed by atoms with van der Waals surface area (Å²) in [5.41, 5.74) is 2.07. The van der Waals surface area contributed by atoms with Crippen molar-refractivity contribution in [2.45, 2.75) is 26.0 Å². The first-order valence-corrected chi connectivity index (χ1v) is 8.47. The van der Waals surface area contributed by atoms with Gasteiger partial charge in [0.1, 0.15) is 12.4 Å². The lowest BCUT2D eigenvalue weighted by Gasteiger charge is -2.33. The van der Waals surface area contributed by atoms with Gasteiger partial charge in [0.2, 0.25) is 5.91 Å². The molecule has 0 spiro atoms. The van der Waals surface area contributed by atoms with Crippen LogP contribution >= 0.6 is 0 Å². The average molecular weight is 350 g/mol. The Hall–Kier alpha value is -2.12. The number of fused-ring (bicyclic) bond motifs is 1. The molecule has 0 radical (unpaired) electrons. The molecule has 138 valence electrons. The Morgan fingerprint density at radius 3 is 2.84 bits per heavy atom. The second-order valence-corrected chi connectivity index (χ2v) is 6.47. The van der Waals surface area contributed by atoms with Crippen molar-refractivity contribution in [3.05, 3.63) is 29.3 Å². The fourth-order valence-corrected chi connectivity index (χ4v) is 3.37. The Labute approximate surface area is 147 Å². The van der Waals surface area contributed by atoms with Gasteiger partial charge in [0.15, 0.2) is 0 Å². The third kappa shape index (κ3) is 5.44. The topological polar surface area (TPSA) is 90.3 Å². The molecule has 2 heterocycles. The van der Waals surface area contributed by atoms with Gasteiger partial charge < -0.3 is 19.8 Å². The van der Waals surface area contributed by atoms with Gasteiger partial charge in [0.25, 0.3) is 6.47 Å². The minimum absolute atomic E-state index is 0.0583. The van der Waals surface area contributed by atoms with Gasteiger partial charge in [-0.25, -0.2) is 0 Å². The van der Waals surface area contributed by atoms with Crippen molar-refractivity contribution >= 4 is 12.4 Å². The van der Waals surface area contributed by atoms with Gasteiger partial charge in [0.05, 0.1) is 6.61 Å². The van der Waals surface area contributed by atoms with Crippen LogP contribution in [0, 0.1) is 5.92 Å². The number of aliphatic hydroxyl groups is 1. The Morgan fingerprint density at radius 1 is 1.40 bits per heavy atom. The molecule has 1 aromatic rings. The zero-order valence-corrected chi connectivity index (χ0v) is 14.6. The van der Waals surface area contributed by atoms with E-state index in [4.69, 9.17) is 14.6 Å². The van der Waals surface area contributed by atoms with Gasteiger partial charge in [-0.2, -0.15) is 0 Å². The highest BCUT2D eigenvalue weighted by Gasteiger charge is 2.25. The molecular weight excluding hydrogens is 324 g/mol. The van der Waals surface area contributed by atoms with E-state index >= 15 is 0 Å². The standard InChI is InChI=1S/C17H24N2O3.CH2O2/c1-18-9-14(3-5-17(18)21)10-19-6-7-22-16-4-2-13(12-20)8-15(16)11-19;2-1-3/h2,4,8,14,20H,3,5-7,9-12H2,1H3;1H,(H,2,3). The number of hydrogen-bond donors (Lipinski definition) is 2. The van der Waals surface area contributed by atoms with Crippen LogP contribution in [0.3, 0.4) is 0 Å². The molecule has 1 unspecified atom stereocenters. The van der Waals surface area contributed by atoms with E-state index in [1.807, 2.05) is 30.1 Å². The molecule has 2 aliphatic rings. The Bertz CT molecular complexity index is 593. The van der Waals surface area contributed by atoms with Gasteiger partial charge in [-0.1, -0.05) is 6.07 Å². The molecule has 7 heteroatoms. The average Bonchev–Trinajstić information content (AvgIpc) is 2.79. The van der Waals surface area contributed by atoms with Crippen LogP contribution in [0.5, 0.6) is 5.75 Å². The predicted octanol–water partition coefficient (Wildman–Crippen LogP) is 0.942.